The predicted molar refractivity (Wildman–Crippen MR) is 68.5 cm³/mol. The molecule has 4 nitrogen and oxygen atoms in total. The minimum absolute atomic E-state index is 0.131. The van der Waals surface area contributed by atoms with Gasteiger partial charge in [-0.1, -0.05) is 25.4 Å². The smallest absolute Gasteiger partial charge is 0.416 e. The Labute approximate surface area is 119 Å². The highest BCUT2D eigenvalue weighted by Crippen LogP contribution is 2.32. The Morgan fingerprint density at radius 3 is 2.45 bits per heavy atom. The number of hydrogen-bond acceptors (Lipinski definition) is 4. The topological polar surface area (TPSA) is 51.2 Å². The summed E-state index contributed by atoms with van der Waals surface area (Å²) in [6.45, 7) is 3.45. The molecule has 0 aliphatic carbocycles. The van der Waals surface area contributed by atoms with Gasteiger partial charge in [-0.15, -0.1) is 0 Å². The number of hydrogen-bond donors (Lipinski definition) is 1. The zero-order valence-electron chi connectivity index (χ0n) is 11.1. The van der Waals surface area contributed by atoms with Crippen LogP contribution in [-0.4, -0.2) is 24.1 Å². The Kier molecular flexibility index (Phi) is 5.21. The Hall–Kier alpha value is -1.50. The molecule has 1 aromatic heterocycles. The van der Waals surface area contributed by atoms with E-state index in [0.29, 0.717) is 0 Å². The summed E-state index contributed by atoms with van der Waals surface area (Å²) in [5, 5.41) is 2.30. The molecule has 0 saturated heterocycles. The highest BCUT2D eigenvalue weighted by molar-refractivity contribution is 6.29. The number of rotatable bonds is 4. The van der Waals surface area contributed by atoms with Crippen LogP contribution in [0.25, 0.3) is 0 Å². The van der Waals surface area contributed by atoms with Gasteiger partial charge in [-0.2, -0.15) is 13.2 Å². The van der Waals surface area contributed by atoms with Crippen molar-refractivity contribution in [1.29, 1.82) is 0 Å². The van der Waals surface area contributed by atoms with Crippen molar-refractivity contribution in [3.63, 3.8) is 0 Å². The van der Waals surface area contributed by atoms with Gasteiger partial charge in [-0.25, -0.2) is 9.78 Å². The molecule has 0 fully saturated rings. The van der Waals surface area contributed by atoms with E-state index in [1.807, 2.05) is 0 Å². The number of carbonyl (C=O) groups is 1. The fourth-order valence-corrected chi connectivity index (χ4v) is 1.73. The molecule has 0 saturated carbocycles. The summed E-state index contributed by atoms with van der Waals surface area (Å²) in [5.74, 6) is -0.915. The second kappa shape index (κ2) is 6.30. The van der Waals surface area contributed by atoms with Crippen molar-refractivity contribution in [2.45, 2.75) is 26.1 Å². The first-order valence-electron chi connectivity index (χ1n) is 5.74. The first kappa shape index (κ1) is 16.6. The van der Waals surface area contributed by atoms with Gasteiger partial charge in [0.2, 0.25) is 0 Å². The molecule has 8 heteroatoms. The maximum absolute atomic E-state index is 12.7. The van der Waals surface area contributed by atoms with Crippen molar-refractivity contribution in [3.05, 3.63) is 22.8 Å². The van der Waals surface area contributed by atoms with Gasteiger partial charge in [0.05, 0.1) is 12.7 Å². The molecule has 112 valence electrons. The van der Waals surface area contributed by atoms with Gasteiger partial charge < -0.3 is 10.1 Å². The number of nitrogens with zero attached hydrogens (tertiary/aromatic N) is 1. The molecule has 0 aliphatic rings. The number of carbonyl (C=O) groups excluding carboxylic acids is 1. The van der Waals surface area contributed by atoms with Crippen LogP contribution in [0.2, 0.25) is 5.15 Å². The van der Waals surface area contributed by atoms with Crippen LogP contribution in [0.1, 0.15) is 19.4 Å². The first-order chi connectivity index (χ1) is 9.15. The molecule has 1 atom stereocenters. The summed E-state index contributed by atoms with van der Waals surface area (Å²) in [6, 6.07) is 0.700. The summed E-state index contributed by atoms with van der Waals surface area (Å²) in [7, 11) is 1.20. The van der Waals surface area contributed by atoms with Crippen molar-refractivity contribution in [2.75, 3.05) is 12.4 Å². The zero-order chi connectivity index (χ0) is 15.5. The van der Waals surface area contributed by atoms with Crippen LogP contribution in [0.4, 0.5) is 19.0 Å². The van der Waals surface area contributed by atoms with Crippen LogP contribution in [-0.2, 0) is 15.7 Å². The monoisotopic (exact) mass is 310 g/mol. The quantitative estimate of drug-likeness (QED) is 0.684. The van der Waals surface area contributed by atoms with E-state index in [-0.39, 0.29) is 16.9 Å². The van der Waals surface area contributed by atoms with Crippen LogP contribution in [0, 0.1) is 5.92 Å². The van der Waals surface area contributed by atoms with Crippen molar-refractivity contribution in [2.24, 2.45) is 5.92 Å². The van der Waals surface area contributed by atoms with E-state index in [2.05, 4.69) is 15.0 Å². The highest BCUT2D eigenvalue weighted by Gasteiger charge is 2.32. The van der Waals surface area contributed by atoms with Gasteiger partial charge in [0.15, 0.2) is 0 Å². The first-order valence-corrected chi connectivity index (χ1v) is 6.12. The molecule has 0 spiro atoms. The molecule has 0 aliphatic heterocycles. The molecule has 0 radical (unpaired) electrons. The Balaban J connectivity index is 3.07. The molecule has 1 aromatic rings. The van der Waals surface area contributed by atoms with E-state index in [0.717, 1.165) is 12.1 Å². The lowest BCUT2D eigenvalue weighted by Gasteiger charge is -2.21. The number of alkyl halides is 3. The lowest BCUT2D eigenvalue weighted by molar-refractivity contribution is -0.142. The number of halogens is 4. The van der Waals surface area contributed by atoms with Gasteiger partial charge >= 0.3 is 12.1 Å². The number of nitrogens with one attached hydrogen (secondary N) is 1. The number of pyridine rings is 1. The standard InChI is InChI=1S/C12H14ClF3N2O2/c1-6(2)10(11(19)20-3)18-9-5-7(12(14,15)16)4-8(13)17-9/h4-6,10H,1-3H3,(H,17,18). The SMILES string of the molecule is COC(=O)C(Nc1cc(C(F)(F)F)cc(Cl)n1)C(C)C. The molecule has 1 N–H and O–H groups in total. The summed E-state index contributed by atoms with van der Waals surface area (Å²) in [5.41, 5.74) is -0.938. The molecular formula is C12H14ClF3N2O2. The zero-order valence-corrected chi connectivity index (χ0v) is 11.8. The van der Waals surface area contributed by atoms with Crippen LogP contribution >= 0.6 is 11.6 Å². The van der Waals surface area contributed by atoms with Crippen LogP contribution in [0.15, 0.2) is 12.1 Å². The second-order valence-corrected chi connectivity index (χ2v) is 4.84. The molecular weight excluding hydrogens is 297 g/mol. The number of esters is 1. The second-order valence-electron chi connectivity index (χ2n) is 4.45. The van der Waals surface area contributed by atoms with E-state index >= 15 is 0 Å². The molecule has 0 bridgehead atoms. The maximum atomic E-state index is 12.7. The molecule has 1 rings (SSSR count). The van der Waals surface area contributed by atoms with Gasteiger partial charge in [-0.05, 0) is 18.1 Å². The fraction of sp³-hybridized carbons (Fsp3) is 0.500. The van der Waals surface area contributed by atoms with Gasteiger partial charge in [-0.3, -0.25) is 0 Å². The Bertz CT molecular complexity index is 492. The number of ether oxygens (including phenoxy) is 1. The van der Waals surface area contributed by atoms with E-state index in [4.69, 9.17) is 11.6 Å². The lowest BCUT2D eigenvalue weighted by Crippen LogP contribution is -2.35. The molecule has 0 amide bonds. The summed E-state index contributed by atoms with van der Waals surface area (Å²) < 4.78 is 42.6. The van der Waals surface area contributed by atoms with Crippen molar-refractivity contribution >= 4 is 23.4 Å². The van der Waals surface area contributed by atoms with Gasteiger partial charge in [0.25, 0.3) is 0 Å². The molecule has 20 heavy (non-hydrogen) atoms. The minimum Gasteiger partial charge on any atom is -0.467 e. The fourth-order valence-electron chi connectivity index (χ4n) is 1.52. The van der Waals surface area contributed by atoms with Crippen LogP contribution in [0.3, 0.4) is 0 Å². The molecule has 0 aromatic carbocycles. The third-order valence-corrected chi connectivity index (χ3v) is 2.74. The average molecular weight is 311 g/mol. The van der Waals surface area contributed by atoms with Gasteiger partial charge in [0, 0.05) is 0 Å². The Morgan fingerprint density at radius 1 is 1.40 bits per heavy atom. The van der Waals surface area contributed by atoms with E-state index in [1.54, 1.807) is 13.8 Å². The van der Waals surface area contributed by atoms with Crippen molar-refractivity contribution in [3.8, 4) is 0 Å². The highest BCUT2D eigenvalue weighted by atomic mass is 35.5. The molecule has 1 unspecified atom stereocenters. The lowest BCUT2D eigenvalue weighted by atomic mass is 10.0. The third-order valence-electron chi connectivity index (χ3n) is 2.55. The van der Waals surface area contributed by atoms with Crippen molar-refractivity contribution in [1.82, 2.24) is 4.98 Å². The Morgan fingerprint density at radius 2 is 2.00 bits per heavy atom. The van der Waals surface area contributed by atoms with Crippen LogP contribution in [0.5, 0.6) is 0 Å². The maximum Gasteiger partial charge on any atom is 0.416 e. The predicted octanol–water partition coefficient (Wildman–Crippen LogP) is 3.36. The normalized spacial score (nSPS) is 13.2. The largest absolute Gasteiger partial charge is 0.467 e. The van der Waals surface area contributed by atoms with Crippen LogP contribution < -0.4 is 5.32 Å². The minimum atomic E-state index is -4.54. The van der Waals surface area contributed by atoms with E-state index in [9.17, 15) is 18.0 Å². The average Bonchev–Trinajstić information content (AvgIpc) is 2.33. The third kappa shape index (κ3) is 4.26. The summed E-state index contributed by atoms with van der Waals surface area (Å²) in [6.07, 6.45) is -4.54. The van der Waals surface area contributed by atoms with Crippen molar-refractivity contribution < 1.29 is 22.7 Å². The summed E-state index contributed by atoms with van der Waals surface area (Å²) in [4.78, 5) is 15.3. The number of methoxy groups -OCH3 is 1. The van der Waals surface area contributed by atoms with E-state index < -0.39 is 23.8 Å². The van der Waals surface area contributed by atoms with Gasteiger partial charge in [0.1, 0.15) is 17.0 Å². The molecule has 1 heterocycles. The number of aromatic nitrogens is 1. The van der Waals surface area contributed by atoms with E-state index in [1.165, 1.54) is 7.11 Å². The summed E-state index contributed by atoms with van der Waals surface area (Å²) >= 11 is 5.57. The number of anilines is 1.